The number of hydrogen-bond donors (Lipinski definition) is 2. The topological polar surface area (TPSA) is 66.9 Å². The van der Waals surface area contributed by atoms with Crippen molar-refractivity contribution in [2.24, 2.45) is 0 Å². The van der Waals surface area contributed by atoms with Crippen LogP contribution in [0.1, 0.15) is 12.5 Å². The van der Waals surface area contributed by atoms with Gasteiger partial charge in [0.2, 0.25) is 11.0 Å². The van der Waals surface area contributed by atoms with Crippen LogP contribution < -0.4 is 10.6 Å². The molecule has 1 atom stereocenters. The normalized spacial score (nSPS) is 11.9. The molecule has 0 aliphatic rings. The summed E-state index contributed by atoms with van der Waals surface area (Å²) in [4.78, 5) is 12.2. The van der Waals surface area contributed by atoms with Gasteiger partial charge >= 0.3 is 0 Å². The quantitative estimate of drug-likeness (QED) is 0.565. The van der Waals surface area contributed by atoms with Crippen molar-refractivity contribution in [3.63, 3.8) is 0 Å². The fourth-order valence-corrected chi connectivity index (χ4v) is 4.07. The molecule has 0 saturated heterocycles. The van der Waals surface area contributed by atoms with E-state index in [4.69, 9.17) is 0 Å². The molecule has 0 aliphatic heterocycles. The van der Waals surface area contributed by atoms with Gasteiger partial charge in [0, 0.05) is 17.4 Å². The average molecular weight is 406 g/mol. The standard InChI is InChI=1S/C18H16F2N4OS2/c1-10-5-3-4-6-15(10)22-17-23-24-18(27-17)26-11(2)16(25)21-12-7-8-13(19)14(20)9-12/h3-9,11H,1-2H3,(H,21,25)(H,22,23)/t11-/m1/s1. The Labute approximate surface area is 163 Å². The monoisotopic (exact) mass is 406 g/mol. The van der Waals surface area contributed by atoms with E-state index in [0.29, 0.717) is 9.47 Å². The Balaban J connectivity index is 1.60. The molecule has 0 fully saturated rings. The van der Waals surface area contributed by atoms with E-state index in [9.17, 15) is 13.6 Å². The van der Waals surface area contributed by atoms with E-state index in [1.165, 1.54) is 29.2 Å². The minimum Gasteiger partial charge on any atom is -0.330 e. The van der Waals surface area contributed by atoms with Crippen LogP contribution in [0, 0.1) is 18.6 Å². The van der Waals surface area contributed by atoms with Crippen molar-refractivity contribution < 1.29 is 13.6 Å². The number of benzene rings is 2. The number of hydrogen-bond acceptors (Lipinski definition) is 6. The predicted molar refractivity (Wildman–Crippen MR) is 105 cm³/mol. The molecule has 0 saturated carbocycles. The van der Waals surface area contributed by atoms with Gasteiger partial charge in [-0.2, -0.15) is 0 Å². The highest BCUT2D eigenvalue weighted by atomic mass is 32.2. The van der Waals surface area contributed by atoms with E-state index in [2.05, 4.69) is 20.8 Å². The fraction of sp³-hybridized carbons (Fsp3) is 0.167. The molecule has 2 N–H and O–H groups in total. The maximum atomic E-state index is 13.2. The summed E-state index contributed by atoms with van der Waals surface area (Å²) >= 11 is 2.57. The third-order valence-corrected chi connectivity index (χ3v) is 5.65. The summed E-state index contributed by atoms with van der Waals surface area (Å²) in [6, 6.07) is 11.0. The summed E-state index contributed by atoms with van der Waals surface area (Å²) in [5.74, 6) is -2.31. The van der Waals surface area contributed by atoms with Crippen LogP contribution >= 0.6 is 23.1 Å². The number of para-hydroxylation sites is 1. The minimum atomic E-state index is -1.01. The van der Waals surface area contributed by atoms with Crippen molar-refractivity contribution in [2.45, 2.75) is 23.4 Å². The second kappa shape index (κ2) is 8.45. The van der Waals surface area contributed by atoms with Gasteiger partial charge < -0.3 is 10.6 Å². The lowest BCUT2D eigenvalue weighted by atomic mass is 10.2. The van der Waals surface area contributed by atoms with Gasteiger partial charge in [-0.1, -0.05) is 41.3 Å². The number of aromatic nitrogens is 2. The number of aryl methyl sites for hydroxylation is 1. The molecule has 9 heteroatoms. The summed E-state index contributed by atoms with van der Waals surface area (Å²) in [5, 5.41) is 14.1. The molecule has 2 aromatic carbocycles. The maximum Gasteiger partial charge on any atom is 0.237 e. The van der Waals surface area contributed by atoms with E-state index in [1.54, 1.807) is 6.92 Å². The van der Waals surface area contributed by atoms with E-state index in [0.717, 1.165) is 23.4 Å². The van der Waals surface area contributed by atoms with Gasteiger partial charge in [-0.25, -0.2) is 8.78 Å². The van der Waals surface area contributed by atoms with Crippen molar-refractivity contribution in [1.82, 2.24) is 10.2 Å². The van der Waals surface area contributed by atoms with Crippen molar-refractivity contribution >= 4 is 45.5 Å². The Hall–Kier alpha value is -2.52. The second-order valence-electron chi connectivity index (χ2n) is 5.69. The third-order valence-electron chi connectivity index (χ3n) is 3.63. The molecule has 1 heterocycles. The van der Waals surface area contributed by atoms with Crippen molar-refractivity contribution in [3.8, 4) is 0 Å². The van der Waals surface area contributed by atoms with Crippen LogP contribution in [0.25, 0.3) is 0 Å². The molecule has 0 unspecified atom stereocenters. The number of anilines is 3. The molecule has 3 aromatic rings. The zero-order valence-electron chi connectivity index (χ0n) is 14.5. The largest absolute Gasteiger partial charge is 0.330 e. The lowest BCUT2D eigenvalue weighted by molar-refractivity contribution is -0.115. The molecule has 27 heavy (non-hydrogen) atoms. The average Bonchev–Trinajstić information content (AvgIpc) is 3.07. The highest BCUT2D eigenvalue weighted by Crippen LogP contribution is 2.31. The summed E-state index contributed by atoms with van der Waals surface area (Å²) < 4.78 is 26.8. The third kappa shape index (κ3) is 5.01. The number of carbonyl (C=O) groups is 1. The molecule has 0 bridgehead atoms. The molecule has 1 aromatic heterocycles. The molecule has 140 valence electrons. The van der Waals surface area contributed by atoms with Crippen molar-refractivity contribution in [1.29, 1.82) is 0 Å². The number of halogens is 2. The molecule has 0 aliphatic carbocycles. The molecule has 1 amide bonds. The number of nitrogens with one attached hydrogen (secondary N) is 2. The Morgan fingerprint density at radius 2 is 1.93 bits per heavy atom. The van der Waals surface area contributed by atoms with Crippen LogP contribution in [0.5, 0.6) is 0 Å². The number of carbonyl (C=O) groups excluding carboxylic acids is 1. The highest BCUT2D eigenvalue weighted by molar-refractivity contribution is 8.02. The smallest absolute Gasteiger partial charge is 0.237 e. The highest BCUT2D eigenvalue weighted by Gasteiger charge is 2.18. The van der Waals surface area contributed by atoms with Gasteiger partial charge in [0.25, 0.3) is 0 Å². The first kappa shape index (κ1) is 19.2. The molecular weight excluding hydrogens is 390 g/mol. The molecule has 0 spiro atoms. The van der Waals surface area contributed by atoms with Crippen molar-refractivity contribution in [2.75, 3.05) is 10.6 Å². The lowest BCUT2D eigenvalue weighted by Crippen LogP contribution is -2.22. The Kier molecular flexibility index (Phi) is 6.02. The zero-order chi connectivity index (χ0) is 19.4. The predicted octanol–water partition coefficient (Wildman–Crippen LogP) is 4.99. The van der Waals surface area contributed by atoms with E-state index < -0.39 is 16.9 Å². The Morgan fingerprint density at radius 1 is 1.15 bits per heavy atom. The van der Waals surface area contributed by atoms with Crippen LogP contribution in [0.4, 0.5) is 25.3 Å². The summed E-state index contributed by atoms with van der Waals surface area (Å²) in [6.07, 6.45) is 0. The van der Waals surface area contributed by atoms with Crippen LogP contribution in [0.3, 0.4) is 0 Å². The molecular formula is C18H16F2N4OS2. The summed E-state index contributed by atoms with van der Waals surface area (Å²) in [6.45, 7) is 3.69. The number of amides is 1. The first-order chi connectivity index (χ1) is 12.9. The van der Waals surface area contributed by atoms with Crippen LogP contribution in [0.15, 0.2) is 46.8 Å². The van der Waals surface area contributed by atoms with Gasteiger partial charge in [-0.05, 0) is 37.6 Å². The number of rotatable bonds is 6. The second-order valence-corrected chi connectivity index (χ2v) is 8.26. The summed E-state index contributed by atoms with van der Waals surface area (Å²) in [5.41, 5.74) is 2.22. The Bertz CT molecular complexity index is 964. The summed E-state index contributed by atoms with van der Waals surface area (Å²) in [7, 11) is 0. The van der Waals surface area contributed by atoms with E-state index in [-0.39, 0.29) is 11.6 Å². The van der Waals surface area contributed by atoms with Gasteiger partial charge in [0.05, 0.1) is 5.25 Å². The lowest BCUT2D eigenvalue weighted by Gasteiger charge is -2.10. The zero-order valence-corrected chi connectivity index (χ0v) is 16.1. The van der Waals surface area contributed by atoms with Crippen LogP contribution in [0.2, 0.25) is 0 Å². The van der Waals surface area contributed by atoms with Crippen molar-refractivity contribution in [3.05, 3.63) is 59.7 Å². The molecule has 0 radical (unpaired) electrons. The van der Waals surface area contributed by atoms with Gasteiger partial charge in [-0.15, -0.1) is 10.2 Å². The van der Waals surface area contributed by atoms with Gasteiger partial charge in [0.1, 0.15) is 0 Å². The maximum absolute atomic E-state index is 13.2. The van der Waals surface area contributed by atoms with E-state index >= 15 is 0 Å². The number of thioether (sulfide) groups is 1. The van der Waals surface area contributed by atoms with Gasteiger partial charge in [-0.3, -0.25) is 4.79 Å². The molecule has 3 rings (SSSR count). The SMILES string of the molecule is Cc1ccccc1Nc1nnc(S[C@H](C)C(=O)Nc2ccc(F)c(F)c2)s1. The fourth-order valence-electron chi connectivity index (χ4n) is 2.16. The Morgan fingerprint density at radius 3 is 2.67 bits per heavy atom. The van der Waals surface area contributed by atoms with E-state index in [1.807, 2.05) is 31.2 Å². The number of nitrogens with zero attached hydrogens (tertiary/aromatic N) is 2. The van der Waals surface area contributed by atoms with Crippen LogP contribution in [-0.2, 0) is 4.79 Å². The first-order valence-electron chi connectivity index (χ1n) is 8.01. The van der Waals surface area contributed by atoms with Gasteiger partial charge in [0.15, 0.2) is 16.0 Å². The first-order valence-corrected chi connectivity index (χ1v) is 9.70. The minimum absolute atomic E-state index is 0.200. The molecule has 5 nitrogen and oxygen atoms in total. The van der Waals surface area contributed by atoms with Crippen LogP contribution in [-0.4, -0.2) is 21.4 Å².